The van der Waals surface area contributed by atoms with Gasteiger partial charge in [0.05, 0.1) is 25.5 Å². The van der Waals surface area contributed by atoms with Gasteiger partial charge in [0.2, 0.25) is 11.8 Å². The third kappa shape index (κ3) is 2.59. The van der Waals surface area contributed by atoms with Crippen molar-refractivity contribution in [3.05, 3.63) is 41.7 Å². The van der Waals surface area contributed by atoms with Gasteiger partial charge in [-0.05, 0) is 18.9 Å². The van der Waals surface area contributed by atoms with Crippen molar-refractivity contribution < 1.29 is 19.0 Å². The number of halogens is 1. The van der Waals surface area contributed by atoms with Crippen LogP contribution in [0.2, 0.25) is 0 Å². The van der Waals surface area contributed by atoms with E-state index < -0.39 is 11.8 Å². The number of aromatic nitrogens is 5. The first-order valence-corrected chi connectivity index (χ1v) is 7.98. The molecule has 3 aromatic rings. The number of anilines is 1. The van der Waals surface area contributed by atoms with Crippen LogP contribution in [0.15, 0.2) is 24.8 Å². The quantitative estimate of drug-likeness (QED) is 0.751. The molecular weight excluding hydrogens is 343 g/mol. The molecule has 0 amide bonds. The lowest BCUT2D eigenvalue weighted by Gasteiger charge is -2.25. The second-order valence-electron chi connectivity index (χ2n) is 5.89. The standard InChI is InChI=1S/C16H15FN6O3/c1-26-14-10(5-9(17)6-18-14)12-3-2-4-22(12)16-19-8-23-13(21-16)11(7-20-23)15(24)25/h5-8,12H,2-4H2,1H3,(H,24,25). The molecule has 26 heavy (non-hydrogen) atoms. The lowest BCUT2D eigenvalue weighted by molar-refractivity contribution is 0.0698. The summed E-state index contributed by atoms with van der Waals surface area (Å²) >= 11 is 0. The zero-order valence-electron chi connectivity index (χ0n) is 13.8. The van der Waals surface area contributed by atoms with Crippen LogP contribution in [0, 0.1) is 5.82 Å². The fourth-order valence-electron chi connectivity index (χ4n) is 3.25. The number of carbonyl (C=O) groups is 1. The van der Waals surface area contributed by atoms with Crippen molar-refractivity contribution in [1.82, 2.24) is 24.6 Å². The Bertz CT molecular complexity index is 991. The highest BCUT2D eigenvalue weighted by molar-refractivity contribution is 5.94. The fraction of sp³-hybridized carbons (Fsp3) is 0.312. The van der Waals surface area contributed by atoms with E-state index >= 15 is 0 Å². The van der Waals surface area contributed by atoms with E-state index in [9.17, 15) is 14.3 Å². The Kier molecular flexibility index (Phi) is 3.86. The number of carboxylic acids is 1. The first kappa shape index (κ1) is 16.2. The lowest BCUT2D eigenvalue weighted by Crippen LogP contribution is -2.25. The van der Waals surface area contributed by atoms with Crippen LogP contribution in [0.3, 0.4) is 0 Å². The molecule has 1 unspecified atom stereocenters. The van der Waals surface area contributed by atoms with Crippen LogP contribution in [0.1, 0.15) is 34.8 Å². The molecule has 4 heterocycles. The number of carboxylic acid groups (broad SMARTS) is 1. The van der Waals surface area contributed by atoms with Crippen molar-refractivity contribution >= 4 is 17.6 Å². The maximum Gasteiger partial charge on any atom is 0.341 e. The van der Waals surface area contributed by atoms with Gasteiger partial charge in [0.15, 0.2) is 5.65 Å². The number of ether oxygens (including phenoxy) is 1. The van der Waals surface area contributed by atoms with Crippen molar-refractivity contribution in [2.75, 3.05) is 18.6 Å². The van der Waals surface area contributed by atoms with Gasteiger partial charge in [0.25, 0.3) is 0 Å². The van der Waals surface area contributed by atoms with Gasteiger partial charge in [-0.15, -0.1) is 0 Å². The van der Waals surface area contributed by atoms with Crippen molar-refractivity contribution in [3.63, 3.8) is 0 Å². The number of rotatable bonds is 4. The molecule has 1 aliphatic rings. The predicted molar refractivity (Wildman–Crippen MR) is 87.8 cm³/mol. The van der Waals surface area contributed by atoms with E-state index in [2.05, 4.69) is 20.1 Å². The highest BCUT2D eigenvalue weighted by Crippen LogP contribution is 2.38. The first-order chi connectivity index (χ1) is 12.6. The summed E-state index contributed by atoms with van der Waals surface area (Å²) in [5.41, 5.74) is 0.812. The minimum Gasteiger partial charge on any atom is -0.481 e. The SMILES string of the molecule is COc1ncc(F)cc1C1CCCN1c1ncn2ncc(C(=O)O)c2n1. The van der Waals surface area contributed by atoms with Gasteiger partial charge in [-0.25, -0.2) is 23.7 Å². The molecule has 1 saturated heterocycles. The summed E-state index contributed by atoms with van der Waals surface area (Å²) in [4.78, 5) is 25.9. The molecule has 4 rings (SSSR count). The molecule has 0 aromatic carbocycles. The first-order valence-electron chi connectivity index (χ1n) is 7.98. The van der Waals surface area contributed by atoms with Crippen LogP contribution in [0.5, 0.6) is 5.88 Å². The molecule has 1 fully saturated rings. The average Bonchev–Trinajstić information content (AvgIpc) is 3.28. The summed E-state index contributed by atoms with van der Waals surface area (Å²) in [6.07, 6.45) is 5.36. The van der Waals surface area contributed by atoms with Crippen LogP contribution in [0.4, 0.5) is 10.3 Å². The molecule has 134 valence electrons. The maximum absolute atomic E-state index is 13.7. The summed E-state index contributed by atoms with van der Waals surface area (Å²) in [6, 6.07) is 1.18. The van der Waals surface area contributed by atoms with Crippen LogP contribution in [-0.4, -0.2) is 49.3 Å². The number of nitrogens with zero attached hydrogens (tertiary/aromatic N) is 6. The van der Waals surface area contributed by atoms with Crippen molar-refractivity contribution in [3.8, 4) is 5.88 Å². The predicted octanol–water partition coefficient (Wildman–Crippen LogP) is 1.71. The third-order valence-electron chi connectivity index (χ3n) is 4.40. The second kappa shape index (κ2) is 6.21. The van der Waals surface area contributed by atoms with Crippen LogP contribution in [0.25, 0.3) is 5.65 Å². The van der Waals surface area contributed by atoms with E-state index in [1.807, 2.05) is 4.90 Å². The van der Waals surface area contributed by atoms with E-state index in [1.165, 1.54) is 30.2 Å². The van der Waals surface area contributed by atoms with E-state index in [-0.39, 0.29) is 17.3 Å². The molecule has 9 nitrogen and oxygen atoms in total. The second-order valence-corrected chi connectivity index (χ2v) is 5.89. The smallest absolute Gasteiger partial charge is 0.341 e. The molecule has 1 N–H and O–H groups in total. The molecule has 0 saturated carbocycles. The molecule has 0 aliphatic carbocycles. The zero-order valence-corrected chi connectivity index (χ0v) is 13.8. The van der Waals surface area contributed by atoms with Gasteiger partial charge in [-0.3, -0.25) is 0 Å². The number of pyridine rings is 1. The molecule has 0 radical (unpaired) electrons. The number of hydrogen-bond acceptors (Lipinski definition) is 7. The monoisotopic (exact) mass is 358 g/mol. The van der Waals surface area contributed by atoms with Gasteiger partial charge in [0, 0.05) is 12.1 Å². The van der Waals surface area contributed by atoms with Crippen molar-refractivity contribution in [2.24, 2.45) is 0 Å². The largest absolute Gasteiger partial charge is 0.481 e. The Morgan fingerprint density at radius 1 is 1.38 bits per heavy atom. The zero-order chi connectivity index (χ0) is 18.3. The third-order valence-corrected chi connectivity index (χ3v) is 4.40. The Morgan fingerprint density at radius 3 is 3.00 bits per heavy atom. The normalized spacial score (nSPS) is 17.0. The van der Waals surface area contributed by atoms with Crippen LogP contribution < -0.4 is 9.64 Å². The van der Waals surface area contributed by atoms with Gasteiger partial charge in [-0.1, -0.05) is 0 Å². The number of hydrogen-bond donors (Lipinski definition) is 1. The lowest BCUT2D eigenvalue weighted by atomic mass is 10.1. The highest BCUT2D eigenvalue weighted by Gasteiger charge is 2.31. The number of aromatic carboxylic acids is 1. The van der Waals surface area contributed by atoms with E-state index in [4.69, 9.17) is 4.74 Å². The minimum atomic E-state index is -1.11. The summed E-state index contributed by atoms with van der Waals surface area (Å²) < 4.78 is 20.3. The summed E-state index contributed by atoms with van der Waals surface area (Å²) in [5.74, 6) is -0.860. The highest BCUT2D eigenvalue weighted by atomic mass is 19.1. The van der Waals surface area contributed by atoms with Crippen LogP contribution >= 0.6 is 0 Å². The summed E-state index contributed by atoms with van der Waals surface area (Å²) in [5, 5.41) is 13.2. The van der Waals surface area contributed by atoms with Gasteiger partial charge >= 0.3 is 5.97 Å². The molecule has 1 atom stereocenters. The van der Waals surface area contributed by atoms with E-state index in [1.54, 1.807) is 0 Å². The molecule has 1 aliphatic heterocycles. The average molecular weight is 358 g/mol. The van der Waals surface area contributed by atoms with E-state index in [0.29, 0.717) is 23.9 Å². The number of fused-ring (bicyclic) bond motifs is 1. The molecule has 3 aromatic heterocycles. The van der Waals surface area contributed by atoms with E-state index in [0.717, 1.165) is 19.0 Å². The molecule has 0 spiro atoms. The van der Waals surface area contributed by atoms with Crippen molar-refractivity contribution in [2.45, 2.75) is 18.9 Å². The van der Waals surface area contributed by atoms with Gasteiger partial charge < -0.3 is 14.7 Å². The molecule has 0 bridgehead atoms. The number of methoxy groups -OCH3 is 1. The Balaban J connectivity index is 1.77. The molecule has 10 heteroatoms. The Hall–Kier alpha value is -3.30. The Morgan fingerprint density at radius 2 is 2.23 bits per heavy atom. The van der Waals surface area contributed by atoms with Gasteiger partial charge in [0.1, 0.15) is 17.7 Å². The fourth-order valence-corrected chi connectivity index (χ4v) is 3.25. The molecular formula is C16H15FN6O3. The summed E-state index contributed by atoms with van der Waals surface area (Å²) in [6.45, 7) is 0.650. The van der Waals surface area contributed by atoms with Crippen LogP contribution in [-0.2, 0) is 0 Å². The maximum atomic E-state index is 13.7. The summed E-state index contributed by atoms with van der Waals surface area (Å²) in [7, 11) is 1.48. The topological polar surface area (TPSA) is 106 Å². The Labute approximate surface area is 147 Å². The van der Waals surface area contributed by atoms with Gasteiger partial charge in [-0.2, -0.15) is 10.1 Å². The minimum absolute atomic E-state index is 0.00519. The van der Waals surface area contributed by atoms with Crippen molar-refractivity contribution in [1.29, 1.82) is 0 Å².